The number of alkyl halides is 3. The summed E-state index contributed by atoms with van der Waals surface area (Å²) in [7, 11) is 0. The number of rotatable bonds is 4. The predicted molar refractivity (Wildman–Crippen MR) is 67.0 cm³/mol. The summed E-state index contributed by atoms with van der Waals surface area (Å²) in [5, 5.41) is 8.72. The van der Waals surface area contributed by atoms with Crippen LogP contribution < -0.4 is 0 Å². The van der Waals surface area contributed by atoms with Crippen molar-refractivity contribution < 1.29 is 27.5 Å². The molecule has 0 aliphatic carbocycles. The lowest BCUT2D eigenvalue weighted by Crippen LogP contribution is -2.23. The average molecular weight is 305 g/mol. The Morgan fingerprint density at radius 3 is 2.71 bits per heavy atom. The van der Waals surface area contributed by atoms with Crippen LogP contribution in [0.3, 0.4) is 0 Å². The van der Waals surface area contributed by atoms with E-state index >= 15 is 0 Å². The maximum atomic E-state index is 13.0. The van der Waals surface area contributed by atoms with Gasteiger partial charge in [0.25, 0.3) is 0 Å². The standard InChI is InChI=1S/C14H15F4NO2/c15-11-2-1-10(12(6-11)14(16,17)18)8-19-4-3-9(7-19)5-13(20)21/h1-2,6,9H,3-5,7-8H2,(H,20,21). The molecule has 1 atom stereocenters. The third kappa shape index (κ3) is 4.17. The average Bonchev–Trinajstić information content (AvgIpc) is 2.76. The molecule has 1 N–H and O–H groups in total. The second kappa shape index (κ2) is 6.01. The number of hydrogen-bond donors (Lipinski definition) is 1. The van der Waals surface area contributed by atoms with Crippen molar-refractivity contribution in [1.29, 1.82) is 0 Å². The van der Waals surface area contributed by atoms with Crippen LogP contribution in [0.1, 0.15) is 24.0 Å². The highest BCUT2D eigenvalue weighted by atomic mass is 19.4. The topological polar surface area (TPSA) is 40.5 Å². The van der Waals surface area contributed by atoms with Gasteiger partial charge < -0.3 is 5.11 Å². The highest BCUT2D eigenvalue weighted by Crippen LogP contribution is 2.34. The van der Waals surface area contributed by atoms with E-state index in [0.29, 0.717) is 25.6 Å². The van der Waals surface area contributed by atoms with Crippen molar-refractivity contribution in [1.82, 2.24) is 4.90 Å². The minimum atomic E-state index is -4.60. The number of aliphatic carboxylic acids is 1. The number of likely N-dealkylation sites (tertiary alicyclic amines) is 1. The van der Waals surface area contributed by atoms with E-state index < -0.39 is 23.5 Å². The molecule has 1 aliphatic rings. The van der Waals surface area contributed by atoms with Gasteiger partial charge in [-0.2, -0.15) is 13.2 Å². The number of hydrogen-bond acceptors (Lipinski definition) is 2. The molecular formula is C14H15F4NO2. The Hall–Kier alpha value is -1.63. The van der Waals surface area contributed by atoms with Crippen molar-refractivity contribution in [2.24, 2.45) is 5.92 Å². The van der Waals surface area contributed by atoms with Crippen LogP contribution in [0.15, 0.2) is 18.2 Å². The first-order valence-electron chi connectivity index (χ1n) is 6.55. The van der Waals surface area contributed by atoms with Crippen LogP contribution in [-0.2, 0) is 17.5 Å². The minimum absolute atomic E-state index is 0.0138. The van der Waals surface area contributed by atoms with Crippen LogP contribution >= 0.6 is 0 Å². The molecule has 0 radical (unpaired) electrons. The van der Waals surface area contributed by atoms with Gasteiger partial charge in [0.05, 0.1) is 5.56 Å². The van der Waals surface area contributed by atoms with Crippen LogP contribution in [0, 0.1) is 11.7 Å². The van der Waals surface area contributed by atoms with Gasteiger partial charge in [0.15, 0.2) is 0 Å². The third-order valence-corrected chi connectivity index (χ3v) is 3.60. The summed E-state index contributed by atoms with van der Waals surface area (Å²) < 4.78 is 51.7. The van der Waals surface area contributed by atoms with Crippen LogP contribution in [0.5, 0.6) is 0 Å². The molecule has 1 saturated heterocycles. The van der Waals surface area contributed by atoms with Crippen LogP contribution in [-0.4, -0.2) is 29.1 Å². The highest BCUT2D eigenvalue weighted by Gasteiger charge is 2.34. The third-order valence-electron chi connectivity index (χ3n) is 3.60. The molecule has 1 aromatic carbocycles. The summed E-state index contributed by atoms with van der Waals surface area (Å²) in [4.78, 5) is 12.4. The summed E-state index contributed by atoms with van der Waals surface area (Å²) in [6, 6.07) is 2.65. The molecule has 0 amide bonds. The van der Waals surface area contributed by atoms with Crippen LogP contribution in [0.2, 0.25) is 0 Å². The molecule has 1 fully saturated rings. The Labute approximate surface area is 119 Å². The van der Waals surface area contributed by atoms with E-state index in [1.54, 1.807) is 4.90 Å². The van der Waals surface area contributed by atoms with E-state index in [0.717, 1.165) is 12.1 Å². The van der Waals surface area contributed by atoms with Crippen molar-refractivity contribution in [3.05, 3.63) is 35.1 Å². The Morgan fingerprint density at radius 2 is 2.10 bits per heavy atom. The van der Waals surface area contributed by atoms with Gasteiger partial charge in [-0.3, -0.25) is 9.69 Å². The number of benzene rings is 1. The maximum absolute atomic E-state index is 13.0. The van der Waals surface area contributed by atoms with Gasteiger partial charge in [-0.1, -0.05) is 6.07 Å². The fourth-order valence-electron chi connectivity index (χ4n) is 2.66. The van der Waals surface area contributed by atoms with Crippen LogP contribution in [0.4, 0.5) is 17.6 Å². The number of carboxylic acids is 1. The van der Waals surface area contributed by atoms with E-state index in [-0.39, 0.29) is 24.4 Å². The van der Waals surface area contributed by atoms with Gasteiger partial charge in [0.2, 0.25) is 0 Å². The van der Waals surface area contributed by atoms with Gasteiger partial charge in [0.1, 0.15) is 5.82 Å². The first kappa shape index (κ1) is 15.8. The smallest absolute Gasteiger partial charge is 0.416 e. The van der Waals surface area contributed by atoms with Gasteiger partial charge in [-0.25, -0.2) is 4.39 Å². The molecule has 1 aliphatic heterocycles. The Bertz CT molecular complexity index is 530. The Balaban J connectivity index is 2.09. The first-order chi connectivity index (χ1) is 9.75. The van der Waals surface area contributed by atoms with Gasteiger partial charge >= 0.3 is 12.1 Å². The van der Waals surface area contributed by atoms with E-state index in [9.17, 15) is 22.4 Å². The van der Waals surface area contributed by atoms with Gasteiger partial charge in [-0.15, -0.1) is 0 Å². The molecule has 0 spiro atoms. The summed E-state index contributed by atoms with van der Waals surface area (Å²) >= 11 is 0. The lowest BCUT2D eigenvalue weighted by molar-refractivity contribution is -0.139. The predicted octanol–water partition coefficient (Wildman–Crippen LogP) is 3.14. The Morgan fingerprint density at radius 1 is 1.38 bits per heavy atom. The van der Waals surface area contributed by atoms with E-state index in [4.69, 9.17) is 5.11 Å². The van der Waals surface area contributed by atoms with Crippen molar-refractivity contribution in [3.8, 4) is 0 Å². The molecule has 1 aromatic rings. The fraction of sp³-hybridized carbons (Fsp3) is 0.500. The van der Waals surface area contributed by atoms with Crippen molar-refractivity contribution in [2.75, 3.05) is 13.1 Å². The second-order valence-corrected chi connectivity index (χ2v) is 5.29. The van der Waals surface area contributed by atoms with E-state index in [2.05, 4.69) is 0 Å². The van der Waals surface area contributed by atoms with Crippen molar-refractivity contribution >= 4 is 5.97 Å². The Kier molecular flexibility index (Phi) is 4.51. The lowest BCUT2D eigenvalue weighted by atomic mass is 10.1. The lowest BCUT2D eigenvalue weighted by Gasteiger charge is -2.19. The molecule has 0 aromatic heterocycles. The number of carbonyl (C=O) groups is 1. The zero-order chi connectivity index (χ0) is 15.6. The SMILES string of the molecule is O=C(O)CC1CCN(Cc2ccc(F)cc2C(F)(F)F)C1. The summed E-state index contributed by atoms with van der Waals surface area (Å²) in [5.41, 5.74) is -0.955. The number of nitrogens with zero attached hydrogens (tertiary/aromatic N) is 1. The van der Waals surface area contributed by atoms with Crippen LogP contribution in [0.25, 0.3) is 0 Å². The number of halogens is 4. The molecule has 21 heavy (non-hydrogen) atoms. The minimum Gasteiger partial charge on any atom is -0.481 e. The second-order valence-electron chi connectivity index (χ2n) is 5.29. The molecule has 3 nitrogen and oxygen atoms in total. The summed E-state index contributed by atoms with van der Waals surface area (Å²) in [6.07, 6.45) is -3.93. The van der Waals surface area contributed by atoms with E-state index in [1.807, 2.05) is 0 Å². The van der Waals surface area contributed by atoms with Crippen molar-refractivity contribution in [2.45, 2.75) is 25.6 Å². The zero-order valence-corrected chi connectivity index (χ0v) is 11.2. The summed E-state index contributed by atoms with van der Waals surface area (Å²) in [5.74, 6) is -1.87. The molecule has 0 saturated carbocycles. The molecule has 1 unspecified atom stereocenters. The fourth-order valence-corrected chi connectivity index (χ4v) is 2.66. The van der Waals surface area contributed by atoms with Gasteiger partial charge in [0, 0.05) is 19.5 Å². The largest absolute Gasteiger partial charge is 0.481 e. The summed E-state index contributed by atoms with van der Waals surface area (Å²) in [6.45, 7) is 1.04. The molecular weight excluding hydrogens is 290 g/mol. The zero-order valence-electron chi connectivity index (χ0n) is 11.2. The quantitative estimate of drug-likeness (QED) is 0.869. The van der Waals surface area contributed by atoms with E-state index in [1.165, 1.54) is 0 Å². The molecule has 7 heteroatoms. The molecule has 0 bridgehead atoms. The molecule has 2 rings (SSSR count). The first-order valence-corrected chi connectivity index (χ1v) is 6.55. The highest BCUT2D eigenvalue weighted by molar-refractivity contribution is 5.67. The monoisotopic (exact) mass is 305 g/mol. The number of carboxylic acid groups (broad SMARTS) is 1. The van der Waals surface area contributed by atoms with Crippen molar-refractivity contribution in [3.63, 3.8) is 0 Å². The maximum Gasteiger partial charge on any atom is 0.416 e. The van der Waals surface area contributed by atoms with Gasteiger partial charge in [-0.05, 0) is 36.6 Å². The molecule has 1 heterocycles. The normalized spacial score (nSPS) is 19.9. The molecule has 116 valence electrons.